The fraction of sp³-hybridized carbons (Fsp3) is 0.562. The van der Waals surface area contributed by atoms with Crippen LogP contribution in [0, 0.1) is 11.3 Å². The molecular formula is C16H21N3O2S. The van der Waals surface area contributed by atoms with Crippen molar-refractivity contribution in [3.63, 3.8) is 0 Å². The zero-order chi connectivity index (χ0) is 16.2. The van der Waals surface area contributed by atoms with Gasteiger partial charge in [-0.05, 0) is 45.7 Å². The van der Waals surface area contributed by atoms with Crippen molar-refractivity contribution >= 4 is 17.9 Å². The second-order valence-corrected chi connectivity index (χ2v) is 7.32. The molecule has 0 unspecified atom stereocenters. The summed E-state index contributed by atoms with van der Waals surface area (Å²) >= 11 is 1.57. The van der Waals surface area contributed by atoms with Crippen LogP contribution in [0.25, 0.3) is 0 Å². The maximum Gasteiger partial charge on any atom is 0.410 e. The van der Waals surface area contributed by atoms with Crippen molar-refractivity contribution in [2.45, 2.75) is 50.3 Å². The number of amides is 1. The standard InChI is InChI=1S/C16H21N3O2S/c1-16(2,3)21-15(20)19-8-4-5-13(19)11-22-14-9-12(10-17)6-7-18-14/h6-7,9,13H,4-5,8,11H2,1-3H3/t13-/m1/s1. The molecule has 1 atom stereocenters. The molecule has 0 spiro atoms. The highest BCUT2D eigenvalue weighted by molar-refractivity contribution is 7.99. The molecule has 0 aliphatic carbocycles. The van der Waals surface area contributed by atoms with E-state index < -0.39 is 5.60 Å². The van der Waals surface area contributed by atoms with Gasteiger partial charge in [-0.2, -0.15) is 5.26 Å². The molecule has 22 heavy (non-hydrogen) atoms. The normalized spacial score (nSPS) is 18.1. The minimum atomic E-state index is -0.472. The molecule has 1 aliphatic heterocycles. The molecule has 0 N–H and O–H groups in total. The van der Waals surface area contributed by atoms with Crippen LogP contribution in [-0.4, -0.2) is 39.9 Å². The number of nitrogens with zero attached hydrogens (tertiary/aromatic N) is 3. The number of pyridine rings is 1. The first-order chi connectivity index (χ1) is 10.4. The van der Waals surface area contributed by atoms with Crippen molar-refractivity contribution in [3.8, 4) is 6.07 Å². The summed E-state index contributed by atoms with van der Waals surface area (Å²) < 4.78 is 5.46. The number of thioether (sulfide) groups is 1. The highest BCUT2D eigenvalue weighted by Gasteiger charge is 2.32. The van der Waals surface area contributed by atoms with Crippen LogP contribution < -0.4 is 0 Å². The lowest BCUT2D eigenvalue weighted by Gasteiger charge is -2.28. The van der Waals surface area contributed by atoms with E-state index in [1.54, 1.807) is 30.1 Å². The fourth-order valence-corrected chi connectivity index (χ4v) is 3.36. The first-order valence-corrected chi connectivity index (χ1v) is 8.36. The molecule has 1 saturated heterocycles. The molecule has 1 fully saturated rings. The van der Waals surface area contributed by atoms with Crippen LogP contribution in [0.5, 0.6) is 0 Å². The average Bonchev–Trinajstić information content (AvgIpc) is 2.92. The van der Waals surface area contributed by atoms with E-state index in [1.807, 2.05) is 25.7 Å². The number of hydrogen-bond acceptors (Lipinski definition) is 5. The van der Waals surface area contributed by atoms with E-state index >= 15 is 0 Å². The number of carbonyl (C=O) groups excluding carboxylic acids is 1. The Bertz CT molecular complexity index is 577. The number of carbonyl (C=O) groups is 1. The molecule has 0 aromatic carbocycles. The lowest BCUT2D eigenvalue weighted by molar-refractivity contribution is 0.0242. The number of likely N-dealkylation sites (tertiary alicyclic amines) is 1. The summed E-state index contributed by atoms with van der Waals surface area (Å²) in [4.78, 5) is 18.3. The van der Waals surface area contributed by atoms with E-state index in [-0.39, 0.29) is 12.1 Å². The minimum absolute atomic E-state index is 0.160. The second-order valence-electron chi connectivity index (χ2n) is 6.28. The molecule has 2 rings (SSSR count). The number of hydrogen-bond donors (Lipinski definition) is 0. The number of nitriles is 1. The Hall–Kier alpha value is -1.74. The Morgan fingerprint density at radius 3 is 3.05 bits per heavy atom. The zero-order valence-electron chi connectivity index (χ0n) is 13.2. The number of rotatable bonds is 3. The molecule has 1 amide bonds. The minimum Gasteiger partial charge on any atom is -0.444 e. The number of aromatic nitrogens is 1. The molecule has 2 heterocycles. The van der Waals surface area contributed by atoms with Gasteiger partial charge in [-0.25, -0.2) is 9.78 Å². The Morgan fingerprint density at radius 1 is 1.59 bits per heavy atom. The maximum absolute atomic E-state index is 12.2. The van der Waals surface area contributed by atoms with Crippen molar-refractivity contribution in [2.24, 2.45) is 0 Å². The van der Waals surface area contributed by atoms with Gasteiger partial charge in [0.15, 0.2) is 0 Å². The van der Waals surface area contributed by atoms with Gasteiger partial charge in [-0.15, -0.1) is 11.8 Å². The van der Waals surface area contributed by atoms with Crippen molar-refractivity contribution in [1.82, 2.24) is 9.88 Å². The van der Waals surface area contributed by atoms with Crippen LogP contribution in [0.15, 0.2) is 23.4 Å². The van der Waals surface area contributed by atoms with Crippen molar-refractivity contribution in [3.05, 3.63) is 23.9 Å². The van der Waals surface area contributed by atoms with Crippen LogP contribution in [0.2, 0.25) is 0 Å². The van der Waals surface area contributed by atoms with E-state index in [2.05, 4.69) is 11.1 Å². The van der Waals surface area contributed by atoms with Crippen molar-refractivity contribution < 1.29 is 9.53 Å². The predicted octanol–water partition coefficient (Wildman–Crippen LogP) is 3.44. The summed E-state index contributed by atoms with van der Waals surface area (Å²) in [6.07, 6.45) is 3.37. The van der Waals surface area contributed by atoms with Crippen LogP contribution in [0.4, 0.5) is 4.79 Å². The largest absolute Gasteiger partial charge is 0.444 e. The predicted molar refractivity (Wildman–Crippen MR) is 85.6 cm³/mol. The first-order valence-electron chi connectivity index (χ1n) is 7.37. The quantitative estimate of drug-likeness (QED) is 0.798. The van der Waals surface area contributed by atoms with E-state index in [1.165, 1.54) is 0 Å². The Kier molecular flexibility index (Phi) is 5.30. The van der Waals surface area contributed by atoms with Crippen molar-refractivity contribution in [1.29, 1.82) is 5.26 Å². The summed E-state index contributed by atoms with van der Waals surface area (Å²) in [7, 11) is 0. The lowest BCUT2D eigenvalue weighted by Crippen LogP contribution is -2.40. The summed E-state index contributed by atoms with van der Waals surface area (Å²) in [5.41, 5.74) is 0.132. The second kappa shape index (κ2) is 7.01. The van der Waals surface area contributed by atoms with Gasteiger partial charge in [0.25, 0.3) is 0 Å². The van der Waals surface area contributed by atoms with Gasteiger partial charge < -0.3 is 9.64 Å². The topological polar surface area (TPSA) is 66.2 Å². The van der Waals surface area contributed by atoms with Crippen LogP contribution in [-0.2, 0) is 4.74 Å². The third-order valence-electron chi connectivity index (χ3n) is 3.29. The Morgan fingerprint density at radius 2 is 2.36 bits per heavy atom. The SMILES string of the molecule is CC(C)(C)OC(=O)N1CCC[C@@H]1CSc1cc(C#N)ccn1. The van der Waals surface area contributed by atoms with Gasteiger partial charge in [0.05, 0.1) is 16.7 Å². The summed E-state index contributed by atoms with van der Waals surface area (Å²) in [5.74, 6) is 0.765. The van der Waals surface area contributed by atoms with Gasteiger partial charge in [0.1, 0.15) is 5.60 Å². The molecule has 1 aliphatic rings. The van der Waals surface area contributed by atoms with E-state index in [0.29, 0.717) is 5.56 Å². The van der Waals surface area contributed by atoms with Gasteiger partial charge in [-0.1, -0.05) is 0 Å². The molecule has 6 heteroatoms. The highest BCUT2D eigenvalue weighted by atomic mass is 32.2. The molecule has 0 saturated carbocycles. The molecular weight excluding hydrogens is 298 g/mol. The highest BCUT2D eigenvalue weighted by Crippen LogP contribution is 2.26. The fourth-order valence-electron chi connectivity index (χ4n) is 2.31. The van der Waals surface area contributed by atoms with Gasteiger partial charge in [0, 0.05) is 24.5 Å². The monoisotopic (exact) mass is 319 g/mol. The van der Waals surface area contributed by atoms with E-state index in [0.717, 1.165) is 30.2 Å². The number of ether oxygens (including phenoxy) is 1. The lowest BCUT2D eigenvalue weighted by atomic mass is 10.2. The van der Waals surface area contributed by atoms with Crippen molar-refractivity contribution in [2.75, 3.05) is 12.3 Å². The summed E-state index contributed by atoms with van der Waals surface area (Å²) in [6.45, 7) is 6.37. The molecule has 1 aromatic heterocycles. The Labute approximate surface area is 135 Å². The van der Waals surface area contributed by atoms with Crippen LogP contribution in [0.3, 0.4) is 0 Å². The molecule has 118 valence electrons. The zero-order valence-corrected chi connectivity index (χ0v) is 14.0. The summed E-state index contributed by atoms with van der Waals surface area (Å²) in [5, 5.41) is 9.72. The van der Waals surface area contributed by atoms with E-state index in [4.69, 9.17) is 10.00 Å². The molecule has 0 radical (unpaired) electrons. The molecule has 5 nitrogen and oxygen atoms in total. The van der Waals surface area contributed by atoms with Gasteiger partial charge >= 0.3 is 6.09 Å². The Balaban J connectivity index is 1.94. The van der Waals surface area contributed by atoms with E-state index in [9.17, 15) is 4.79 Å². The molecule has 0 bridgehead atoms. The third-order valence-corrected chi connectivity index (χ3v) is 4.36. The maximum atomic E-state index is 12.2. The van der Waals surface area contributed by atoms with Crippen LogP contribution in [0.1, 0.15) is 39.2 Å². The smallest absolute Gasteiger partial charge is 0.410 e. The first kappa shape index (κ1) is 16.6. The average molecular weight is 319 g/mol. The van der Waals surface area contributed by atoms with Gasteiger partial charge in [0.2, 0.25) is 0 Å². The third kappa shape index (κ3) is 4.63. The molecule has 1 aromatic rings. The van der Waals surface area contributed by atoms with Crippen LogP contribution >= 0.6 is 11.8 Å². The van der Waals surface area contributed by atoms with Gasteiger partial charge in [-0.3, -0.25) is 0 Å². The summed E-state index contributed by atoms with van der Waals surface area (Å²) in [6, 6.07) is 5.73.